The van der Waals surface area contributed by atoms with Gasteiger partial charge in [0.2, 0.25) is 0 Å². The molecule has 0 aliphatic carbocycles. The van der Waals surface area contributed by atoms with Gasteiger partial charge in [-0.05, 0) is 32.4 Å². The van der Waals surface area contributed by atoms with Gasteiger partial charge < -0.3 is 14.6 Å². The number of aliphatic hydroxyl groups is 1. The summed E-state index contributed by atoms with van der Waals surface area (Å²) in [5, 5.41) is 9.69. The number of unbranched alkanes of at least 4 members (excludes halogenated alkanes) is 1. The van der Waals surface area contributed by atoms with Crippen LogP contribution in [-0.4, -0.2) is 24.9 Å². The number of benzene rings is 1. The number of aryl methyl sites for hydroxylation is 1. The highest BCUT2D eigenvalue weighted by Crippen LogP contribution is 2.26. The first kappa shape index (κ1) is 15.0. The molecule has 0 fully saturated rings. The van der Waals surface area contributed by atoms with Crippen molar-refractivity contribution in [2.24, 2.45) is 0 Å². The Morgan fingerprint density at radius 3 is 2.67 bits per heavy atom. The van der Waals surface area contributed by atoms with Gasteiger partial charge in [0.15, 0.2) is 0 Å². The van der Waals surface area contributed by atoms with Crippen LogP contribution in [0.3, 0.4) is 0 Å². The Labute approximate surface area is 110 Å². The summed E-state index contributed by atoms with van der Waals surface area (Å²) >= 11 is 0. The molecule has 1 aromatic rings. The lowest BCUT2D eigenvalue weighted by atomic mass is 10.1. The lowest BCUT2D eigenvalue weighted by Gasteiger charge is -2.14. The Hall–Kier alpha value is -1.06. The fourth-order valence-corrected chi connectivity index (χ4v) is 1.68. The van der Waals surface area contributed by atoms with Gasteiger partial charge in [-0.3, -0.25) is 0 Å². The van der Waals surface area contributed by atoms with Crippen LogP contribution in [0.1, 0.15) is 43.9 Å². The third-order valence-corrected chi connectivity index (χ3v) is 2.74. The van der Waals surface area contributed by atoms with Gasteiger partial charge in [0.05, 0.1) is 12.7 Å². The molecule has 0 radical (unpaired) electrons. The Morgan fingerprint density at radius 2 is 2.00 bits per heavy atom. The van der Waals surface area contributed by atoms with Gasteiger partial charge in [0.1, 0.15) is 12.4 Å². The van der Waals surface area contributed by atoms with E-state index in [9.17, 15) is 5.11 Å². The minimum absolute atomic E-state index is 0.513. The van der Waals surface area contributed by atoms with Crippen molar-refractivity contribution in [3.63, 3.8) is 0 Å². The number of aliphatic hydroxyl groups excluding tert-OH is 1. The molecule has 102 valence electrons. The predicted molar refractivity (Wildman–Crippen MR) is 73.0 cm³/mol. The molecular weight excluding hydrogens is 228 g/mol. The zero-order chi connectivity index (χ0) is 13.4. The molecule has 0 amide bonds. The van der Waals surface area contributed by atoms with Gasteiger partial charge in [-0.2, -0.15) is 0 Å². The van der Waals surface area contributed by atoms with E-state index < -0.39 is 6.10 Å². The van der Waals surface area contributed by atoms with Crippen LogP contribution in [0.25, 0.3) is 0 Å². The normalized spacial score (nSPS) is 12.4. The number of hydrogen-bond donors (Lipinski definition) is 1. The van der Waals surface area contributed by atoms with Crippen molar-refractivity contribution in [2.45, 2.75) is 39.7 Å². The molecule has 0 aromatic heterocycles. The molecule has 0 aliphatic rings. The van der Waals surface area contributed by atoms with Crippen molar-refractivity contribution in [1.29, 1.82) is 0 Å². The second-order valence-electron chi connectivity index (χ2n) is 4.53. The average Bonchev–Trinajstić information content (AvgIpc) is 2.35. The highest BCUT2D eigenvalue weighted by molar-refractivity contribution is 5.38. The summed E-state index contributed by atoms with van der Waals surface area (Å²) in [6.07, 6.45) is 1.72. The van der Waals surface area contributed by atoms with Crippen LogP contribution in [0.15, 0.2) is 18.2 Å². The summed E-state index contributed by atoms with van der Waals surface area (Å²) in [7, 11) is 0. The van der Waals surface area contributed by atoms with Gasteiger partial charge in [0, 0.05) is 12.2 Å². The molecule has 3 nitrogen and oxygen atoms in total. The summed E-state index contributed by atoms with van der Waals surface area (Å²) in [5.74, 6) is 0.745. The van der Waals surface area contributed by atoms with Crippen molar-refractivity contribution >= 4 is 0 Å². The van der Waals surface area contributed by atoms with E-state index in [2.05, 4.69) is 6.92 Å². The molecule has 1 unspecified atom stereocenters. The molecule has 0 heterocycles. The van der Waals surface area contributed by atoms with Crippen molar-refractivity contribution < 1.29 is 14.6 Å². The molecule has 3 heteroatoms. The van der Waals surface area contributed by atoms with Crippen LogP contribution >= 0.6 is 0 Å². The quantitative estimate of drug-likeness (QED) is 0.722. The highest BCUT2D eigenvalue weighted by atomic mass is 16.5. The molecule has 1 atom stereocenters. The first-order chi connectivity index (χ1) is 8.65. The third kappa shape index (κ3) is 5.07. The summed E-state index contributed by atoms with van der Waals surface area (Å²) in [6.45, 7) is 7.79. The summed E-state index contributed by atoms with van der Waals surface area (Å²) in [4.78, 5) is 0. The monoisotopic (exact) mass is 252 g/mol. The number of rotatable bonds is 8. The van der Waals surface area contributed by atoms with E-state index in [1.807, 2.05) is 25.1 Å². The predicted octanol–water partition coefficient (Wildman–Crippen LogP) is 3.24. The van der Waals surface area contributed by atoms with Gasteiger partial charge in [-0.25, -0.2) is 0 Å². The molecule has 1 rings (SSSR count). The minimum atomic E-state index is -0.513. The Bertz CT molecular complexity index is 348. The van der Waals surface area contributed by atoms with Crippen molar-refractivity contribution in [3.05, 3.63) is 29.3 Å². The van der Waals surface area contributed by atoms with Crippen LogP contribution in [0, 0.1) is 6.92 Å². The second kappa shape index (κ2) is 8.11. The molecule has 0 saturated carbocycles. The summed E-state index contributed by atoms with van der Waals surface area (Å²) in [5.41, 5.74) is 1.96. The molecule has 18 heavy (non-hydrogen) atoms. The smallest absolute Gasteiger partial charge is 0.125 e. The summed E-state index contributed by atoms with van der Waals surface area (Å²) < 4.78 is 11.1. The van der Waals surface area contributed by atoms with Crippen LogP contribution in [0.2, 0.25) is 0 Å². The average molecular weight is 252 g/mol. The Morgan fingerprint density at radius 1 is 1.22 bits per heavy atom. The molecule has 0 spiro atoms. The van der Waals surface area contributed by atoms with Gasteiger partial charge in [-0.15, -0.1) is 0 Å². The van der Waals surface area contributed by atoms with Crippen molar-refractivity contribution in [2.75, 3.05) is 19.8 Å². The number of hydrogen-bond acceptors (Lipinski definition) is 3. The zero-order valence-electron chi connectivity index (χ0n) is 11.6. The van der Waals surface area contributed by atoms with Crippen LogP contribution in [-0.2, 0) is 4.74 Å². The van der Waals surface area contributed by atoms with E-state index in [1.54, 1.807) is 6.92 Å². The Balaban J connectivity index is 2.42. The van der Waals surface area contributed by atoms with Gasteiger partial charge >= 0.3 is 0 Å². The molecular formula is C15H24O3. The highest BCUT2D eigenvalue weighted by Gasteiger charge is 2.09. The van der Waals surface area contributed by atoms with E-state index >= 15 is 0 Å². The van der Waals surface area contributed by atoms with Gasteiger partial charge in [0.25, 0.3) is 0 Å². The molecule has 1 aromatic carbocycles. The van der Waals surface area contributed by atoms with Crippen LogP contribution < -0.4 is 4.74 Å². The van der Waals surface area contributed by atoms with Crippen molar-refractivity contribution in [1.82, 2.24) is 0 Å². The van der Waals surface area contributed by atoms with Crippen molar-refractivity contribution in [3.8, 4) is 5.75 Å². The van der Waals surface area contributed by atoms with E-state index in [0.29, 0.717) is 13.2 Å². The minimum Gasteiger partial charge on any atom is -0.491 e. The zero-order valence-corrected chi connectivity index (χ0v) is 11.6. The number of ether oxygens (including phenoxy) is 2. The second-order valence-corrected chi connectivity index (χ2v) is 4.53. The molecule has 0 aliphatic heterocycles. The fraction of sp³-hybridized carbons (Fsp3) is 0.600. The Kier molecular flexibility index (Phi) is 6.76. The van der Waals surface area contributed by atoms with E-state index in [1.165, 1.54) is 0 Å². The first-order valence-corrected chi connectivity index (χ1v) is 6.64. The maximum Gasteiger partial charge on any atom is 0.125 e. The summed E-state index contributed by atoms with van der Waals surface area (Å²) in [6, 6.07) is 5.85. The SMILES string of the molecule is CCCCOCCOc1ccc(C)cc1C(C)O. The molecule has 0 bridgehead atoms. The lowest BCUT2D eigenvalue weighted by Crippen LogP contribution is -2.09. The maximum absolute atomic E-state index is 9.69. The van der Waals surface area contributed by atoms with E-state index in [4.69, 9.17) is 9.47 Å². The van der Waals surface area contributed by atoms with E-state index in [-0.39, 0.29) is 0 Å². The standard InChI is InChI=1S/C15H24O3/c1-4-5-8-17-9-10-18-15-7-6-12(2)11-14(15)13(3)16/h6-7,11,13,16H,4-5,8-10H2,1-3H3. The molecule has 1 N–H and O–H groups in total. The third-order valence-electron chi connectivity index (χ3n) is 2.74. The van der Waals surface area contributed by atoms with Crippen LogP contribution in [0.4, 0.5) is 0 Å². The fourth-order valence-electron chi connectivity index (χ4n) is 1.68. The first-order valence-electron chi connectivity index (χ1n) is 6.64. The lowest BCUT2D eigenvalue weighted by molar-refractivity contribution is 0.0962. The molecule has 0 saturated heterocycles. The maximum atomic E-state index is 9.69. The largest absolute Gasteiger partial charge is 0.491 e. The van der Waals surface area contributed by atoms with Crippen LogP contribution in [0.5, 0.6) is 5.75 Å². The van der Waals surface area contributed by atoms with E-state index in [0.717, 1.165) is 36.3 Å². The topological polar surface area (TPSA) is 38.7 Å². The van der Waals surface area contributed by atoms with Gasteiger partial charge in [-0.1, -0.05) is 25.0 Å².